The summed E-state index contributed by atoms with van der Waals surface area (Å²) in [6, 6.07) is 12.3. The zero-order valence-electron chi connectivity index (χ0n) is 18.2. The van der Waals surface area contributed by atoms with Crippen LogP contribution in [-0.4, -0.2) is 43.5 Å². The number of benzene rings is 2. The molecular formula is C24H31N3O3. The highest BCUT2D eigenvalue weighted by atomic mass is 16.5. The zero-order chi connectivity index (χ0) is 21.7. The van der Waals surface area contributed by atoms with E-state index in [1.165, 1.54) is 5.56 Å². The molecular weight excluding hydrogens is 378 g/mol. The first-order valence-electron chi connectivity index (χ1n) is 10.4. The van der Waals surface area contributed by atoms with Crippen molar-refractivity contribution in [1.82, 2.24) is 10.2 Å². The van der Waals surface area contributed by atoms with Crippen LogP contribution in [-0.2, 0) is 9.59 Å². The highest BCUT2D eigenvalue weighted by Gasteiger charge is 2.27. The second-order valence-electron chi connectivity index (χ2n) is 8.00. The Morgan fingerprint density at radius 3 is 2.37 bits per heavy atom. The lowest BCUT2D eigenvalue weighted by Gasteiger charge is -2.24. The van der Waals surface area contributed by atoms with Crippen LogP contribution in [0.3, 0.4) is 0 Å². The van der Waals surface area contributed by atoms with E-state index >= 15 is 0 Å². The smallest absolute Gasteiger partial charge is 0.243 e. The van der Waals surface area contributed by atoms with Crippen molar-refractivity contribution in [1.29, 1.82) is 0 Å². The summed E-state index contributed by atoms with van der Waals surface area (Å²) in [5.41, 5.74) is 5.20. The normalized spacial score (nSPS) is 16.3. The molecule has 0 bridgehead atoms. The van der Waals surface area contributed by atoms with Gasteiger partial charge in [-0.3, -0.25) is 14.5 Å². The molecule has 3 rings (SSSR count). The average molecular weight is 410 g/mol. The lowest BCUT2D eigenvalue weighted by molar-refractivity contribution is -0.125. The summed E-state index contributed by atoms with van der Waals surface area (Å²) < 4.78 is 5.23. The van der Waals surface area contributed by atoms with Crippen molar-refractivity contribution < 1.29 is 14.3 Å². The number of amides is 2. The minimum absolute atomic E-state index is 0.0351. The van der Waals surface area contributed by atoms with Crippen molar-refractivity contribution in [3.8, 4) is 5.75 Å². The molecule has 6 nitrogen and oxygen atoms in total. The summed E-state index contributed by atoms with van der Waals surface area (Å²) in [6.07, 6.45) is 2.07. The van der Waals surface area contributed by atoms with E-state index in [4.69, 9.17) is 4.74 Å². The number of carbonyl (C=O) groups excluding carboxylic acids is 2. The second-order valence-corrected chi connectivity index (χ2v) is 8.00. The van der Waals surface area contributed by atoms with Crippen molar-refractivity contribution in [3.63, 3.8) is 0 Å². The third kappa shape index (κ3) is 5.39. The van der Waals surface area contributed by atoms with Gasteiger partial charge in [-0.2, -0.15) is 0 Å². The fourth-order valence-electron chi connectivity index (χ4n) is 4.20. The molecule has 1 aliphatic heterocycles. The van der Waals surface area contributed by atoms with Gasteiger partial charge in [0.2, 0.25) is 11.8 Å². The molecule has 0 aliphatic carbocycles. The van der Waals surface area contributed by atoms with Gasteiger partial charge in [-0.15, -0.1) is 0 Å². The molecule has 6 heteroatoms. The number of methoxy groups -OCH3 is 1. The molecule has 1 atom stereocenters. The van der Waals surface area contributed by atoms with Gasteiger partial charge in [0.1, 0.15) is 5.75 Å². The van der Waals surface area contributed by atoms with Crippen LogP contribution in [0.2, 0.25) is 0 Å². The highest BCUT2D eigenvalue weighted by molar-refractivity contribution is 5.96. The Morgan fingerprint density at radius 2 is 1.73 bits per heavy atom. The van der Waals surface area contributed by atoms with Crippen LogP contribution < -0.4 is 15.4 Å². The quantitative estimate of drug-likeness (QED) is 0.734. The molecule has 1 fully saturated rings. The van der Waals surface area contributed by atoms with Crippen LogP contribution in [0.15, 0.2) is 36.4 Å². The number of ether oxygens (including phenoxy) is 1. The van der Waals surface area contributed by atoms with Crippen LogP contribution in [0.4, 0.5) is 5.69 Å². The van der Waals surface area contributed by atoms with E-state index in [1.54, 1.807) is 7.11 Å². The Hall–Kier alpha value is -2.86. The van der Waals surface area contributed by atoms with Gasteiger partial charge in [0.25, 0.3) is 0 Å². The standard InChI is InChI=1S/C24H31N3O3/c1-16-12-17(2)24(18(3)13-16)26-22(28)14-25-23(29)15-27-11-5-6-21(27)19-7-9-20(30-4)10-8-19/h7-10,12-13,21H,5-6,11,14-15H2,1-4H3,(H,25,29)(H,26,28)/t21-/m0/s1. The highest BCUT2D eigenvalue weighted by Crippen LogP contribution is 2.32. The van der Waals surface area contributed by atoms with Gasteiger partial charge in [0, 0.05) is 11.7 Å². The number of hydrogen-bond acceptors (Lipinski definition) is 4. The van der Waals surface area contributed by atoms with E-state index in [-0.39, 0.29) is 30.9 Å². The molecule has 0 saturated carbocycles. The number of hydrogen-bond donors (Lipinski definition) is 2. The molecule has 2 N–H and O–H groups in total. The molecule has 0 radical (unpaired) electrons. The van der Waals surface area contributed by atoms with Crippen molar-refractivity contribution in [2.24, 2.45) is 0 Å². The minimum Gasteiger partial charge on any atom is -0.497 e. The molecule has 1 heterocycles. The van der Waals surface area contributed by atoms with Gasteiger partial charge in [-0.05, 0) is 69.0 Å². The molecule has 0 unspecified atom stereocenters. The first kappa shape index (κ1) is 21.8. The summed E-state index contributed by atoms with van der Waals surface area (Å²) in [4.78, 5) is 27.0. The van der Waals surface area contributed by atoms with E-state index in [0.29, 0.717) is 0 Å². The maximum atomic E-state index is 12.5. The largest absolute Gasteiger partial charge is 0.497 e. The van der Waals surface area contributed by atoms with Crippen LogP contribution in [0.25, 0.3) is 0 Å². The summed E-state index contributed by atoms with van der Waals surface area (Å²) in [6.45, 7) is 7.10. The van der Waals surface area contributed by atoms with E-state index in [1.807, 2.05) is 45.0 Å². The summed E-state index contributed by atoms with van der Waals surface area (Å²) in [5, 5.41) is 5.68. The molecule has 160 valence electrons. The number of likely N-dealkylation sites (tertiary alicyclic amines) is 1. The van der Waals surface area contributed by atoms with Gasteiger partial charge >= 0.3 is 0 Å². The Balaban J connectivity index is 1.52. The van der Waals surface area contributed by atoms with Gasteiger partial charge in [0.05, 0.1) is 20.2 Å². The Labute approximate surface area is 178 Å². The van der Waals surface area contributed by atoms with Crippen molar-refractivity contribution >= 4 is 17.5 Å². The van der Waals surface area contributed by atoms with Crippen molar-refractivity contribution in [3.05, 3.63) is 58.7 Å². The fourth-order valence-corrected chi connectivity index (χ4v) is 4.20. The number of rotatable bonds is 7. The maximum absolute atomic E-state index is 12.5. The molecule has 0 aromatic heterocycles. The average Bonchev–Trinajstić information content (AvgIpc) is 3.17. The number of anilines is 1. The van der Waals surface area contributed by atoms with E-state index in [2.05, 4.69) is 27.7 Å². The summed E-state index contributed by atoms with van der Waals surface area (Å²) in [7, 11) is 1.65. The molecule has 2 aromatic carbocycles. The second kappa shape index (κ2) is 9.76. The number of carbonyl (C=O) groups is 2. The van der Waals surface area contributed by atoms with E-state index in [0.717, 1.165) is 47.5 Å². The Kier molecular flexibility index (Phi) is 7.11. The van der Waals surface area contributed by atoms with Crippen LogP contribution in [0.5, 0.6) is 5.75 Å². The molecule has 1 saturated heterocycles. The minimum atomic E-state index is -0.216. The van der Waals surface area contributed by atoms with Gasteiger partial charge in [0.15, 0.2) is 0 Å². The molecule has 1 aliphatic rings. The predicted octanol–water partition coefficient (Wildman–Crippen LogP) is 3.51. The van der Waals surface area contributed by atoms with Gasteiger partial charge in [-0.1, -0.05) is 29.8 Å². The fraction of sp³-hybridized carbons (Fsp3) is 0.417. The van der Waals surface area contributed by atoms with Crippen LogP contribution >= 0.6 is 0 Å². The zero-order valence-corrected chi connectivity index (χ0v) is 18.2. The topological polar surface area (TPSA) is 70.7 Å². The summed E-state index contributed by atoms with van der Waals surface area (Å²) >= 11 is 0. The molecule has 0 spiro atoms. The monoisotopic (exact) mass is 409 g/mol. The van der Waals surface area contributed by atoms with E-state index in [9.17, 15) is 9.59 Å². The van der Waals surface area contributed by atoms with Gasteiger partial charge in [-0.25, -0.2) is 0 Å². The summed E-state index contributed by atoms with van der Waals surface area (Å²) in [5.74, 6) is 0.473. The van der Waals surface area contributed by atoms with Gasteiger partial charge < -0.3 is 15.4 Å². The number of nitrogens with zero attached hydrogens (tertiary/aromatic N) is 1. The molecule has 30 heavy (non-hydrogen) atoms. The van der Waals surface area contributed by atoms with Crippen LogP contribution in [0.1, 0.15) is 41.1 Å². The van der Waals surface area contributed by atoms with Crippen molar-refractivity contribution in [2.75, 3.05) is 32.1 Å². The number of aryl methyl sites for hydroxylation is 3. The molecule has 2 amide bonds. The van der Waals surface area contributed by atoms with Crippen LogP contribution in [0, 0.1) is 20.8 Å². The first-order valence-corrected chi connectivity index (χ1v) is 10.4. The third-order valence-corrected chi connectivity index (χ3v) is 5.60. The maximum Gasteiger partial charge on any atom is 0.243 e. The van der Waals surface area contributed by atoms with E-state index < -0.39 is 0 Å². The number of nitrogens with one attached hydrogen (secondary N) is 2. The molecule has 2 aromatic rings. The lowest BCUT2D eigenvalue weighted by atomic mass is 10.0. The predicted molar refractivity (Wildman–Crippen MR) is 119 cm³/mol. The lowest BCUT2D eigenvalue weighted by Crippen LogP contribution is -2.40. The Bertz CT molecular complexity index is 885. The Morgan fingerprint density at radius 1 is 1.07 bits per heavy atom. The first-order chi connectivity index (χ1) is 14.4. The SMILES string of the molecule is COc1ccc([C@@H]2CCCN2CC(=O)NCC(=O)Nc2c(C)cc(C)cc2C)cc1. The van der Waals surface area contributed by atoms with Crippen molar-refractivity contribution in [2.45, 2.75) is 39.7 Å². The third-order valence-electron chi connectivity index (χ3n) is 5.60.